The topological polar surface area (TPSA) is 174 Å². The number of ether oxygens (including phenoxy) is 3. The molecule has 0 radical (unpaired) electrons. The van der Waals surface area contributed by atoms with E-state index in [-0.39, 0.29) is 29.3 Å². The summed E-state index contributed by atoms with van der Waals surface area (Å²) < 4.78 is 15.4. The standard InChI is InChI=1S/C21H23NO3.C15H19NO3.C11H13NO.C9H16N2.C4H7BrO2/c23-20(24)13-22-14-21(15-22)11-17-6-7-19(10-18(17)12-21)25-9-8-16-4-2-1-3-5-16;1-2-19-14(18)8-16-9-15(10-16)6-11-3-4-13(17)5-12(11)7-15;13-10-2-1-8-4-11(6-12-7-11)5-9(8)3-10;1-2-5-9-10-6-4-8-11(9)7-3-1;1-2-7-4(6)3-5/h1-7,10H,8-9,11-15H2,(H,23,24);3-5,17H,2,6-10H2,1H3;1-3,12-13H,4-7H2;1-8H2;2-3H2,1H3. The number of likely N-dealkylation sites (tertiary alicyclic amines) is 2. The van der Waals surface area contributed by atoms with Gasteiger partial charge in [-0.2, -0.15) is 0 Å². The highest BCUT2D eigenvalue weighted by molar-refractivity contribution is 9.09. The maximum Gasteiger partial charge on any atom is 0.320 e. The van der Waals surface area contributed by atoms with Gasteiger partial charge in [-0.05, 0) is 147 Å². The molecule has 0 aromatic heterocycles. The largest absolute Gasteiger partial charge is 0.508 e. The molecule has 12 rings (SSSR count). The number of alkyl halides is 1. The van der Waals surface area contributed by atoms with Crippen LogP contribution in [-0.2, 0) is 68.8 Å². The predicted octanol–water partition coefficient (Wildman–Crippen LogP) is 7.84. The Labute approximate surface area is 452 Å². The van der Waals surface area contributed by atoms with Crippen molar-refractivity contribution in [3.8, 4) is 17.2 Å². The molecule has 75 heavy (non-hydrogen) atoms. The van der Waals surface area contributed by atoms with Gasteiger partial charge in [0, 0.05) is 88.0 Å². The number of hydrogen-bond acceptors (Lipinski definition) is 13. The summed E-state index contributed by atoms with van der Waals surface area (Å²) in [4.78, 5) is 43.6. The highest BCUT2D eigenvalue weighted by Crippen LogP contribution is 2.46. The van der Waals surface area contributed by atoms with Gasteiger partial charge >= 0.3 is 17.9 Å². The second kappa shape index (κ2) is 26.0. The third kappa shape index (κ3) is 15.4. The van der Waals surface area contributed by atoms with Crippen LogP contribution < -0.4 is 10.1 Å². The average Bonchev–Trinajstić information content (AvgIpc) is 4.01. The third-order valence-corrected chi connectivity index (χ3v) is 16.2. The lowest BCUT2D eigenvalue weighted by Crippen LogP contribution is -2.58. The molecule has 4 fully saturated rings. The van der Waals surface area contributed by atoms with Crippen LogP contribution in [-0.4, -0.2) is 151 Å². The quantitative estimate of drug-likeness (QED) is 0.0847. The first-order valence-electron chi connectivity index (χ1n) is 27.2. The van der Waals surface area contributed by atoms with Crippen LogP contribution in [0.25, 0.3) is 0 Å². The van der Waals surface area contributed by atoms with Gasteiger partial charge < -0.3 is 39.7 Å². The molecule has 404 valence electrons. The van der Waals surface area contributed by atoms with Crippen LogP contribution in [0.3, 0.4) is 0 Å². The number of benzene rings is 4. The fraction of sp³-hybridized carbons (Fsp3) is 0.533. The number of rotatable bonds is 11. The van der Waals surface area contributed by atoms with E-state index in [0.29, 0.717) is 48.6 Å². The summed E-state index contributed by atoms with van der Waals surface area (Å²) in [5.74, 6) is 2.01. The third-order valence-electron chi connectivity index (χ3n) is 15.7. The summed E-state index contributed by atoms with van der Waals surface area (Å²) in [6.07, 6.45) is 14.0. The smallest absolute Gasteiger partial charge is 0.320 e. The molecule has 0 saturated carbocycles. The van der Waals surface area contributed by atoms with Crippen molar-refractivity contribution in [3.05, 3.63) is 124 Å². The van der Waals surface area contributed by atoms with Gasteiger partial charge in [-0.15, -0.1) is 0 Å². The predicted molar refractivity (Wildman–Crippen MR) is 295 cm³/mol. The minimum absolute atomic E-state index is 0.134. The van der Waals surface area contributed by atoms with Gasteiger partial charge in [-0.25, -0.2) is 0 Å². The van der Waals surface area contributed by atoms with E-state index in [1.807, 2.05) is 36.1 Å². The van der Waals surface area contributed by atoms with Crippen LogP contribution in [0.15, 0.2) is 89.9 Å². The molecule has 14 nitrogen and oxygen atoms in total. The number of halogens is 1. The van der Waals surface area contributed by atoms with Crippen molar-refractivity contribution in [1.29, 1.82) is 0 Å². The molecule has 4 aromatic rings. The van der Waals surface area contributed by atoms with Gasteiger partial charge in [-0.3, -0.25) is 29.2 Å². The van der Waals surface area contributed by atoms with E-state index in [1.165, 1.54) is 96.4 Å². The first kappa shape index (κ1) is 55.7. The number of aliphatic imine (C=N–C) groups is 1. The fourth-order valence-electron chi connectivity index (χ4n) is 12.4. The highest BCUT2D eigenvalue weighted by atomic mass is 79.9. The van der Waals surface area contributed by atoms with Crippen LogP contribution in [0.4, 0.5) is 0 Å². The number of nitrogens with one attached hydrogen (secondary N) is 1. The van der Waals surface area contributed by atoms with Gasteiger partial charge in [0.15, 0.2) is 0 Å². The molecule has 5 heterocycles. The first-order chi connectivity index (χ1) is 36.3. The average molecular weight is 1090 g/mol. The molecule has 5 aliphatic heterocycles. The van der Waals surface area contributed by atoms with Crippen LogP contribution >= 0.6 is 15.9 Å². The summed E-state index contributed by atoms with van der Waals surface area (Å²) in [6.45, 7) is 15.3. The van der Waals surface area contributed by atoms with Crippen LogP contribution in [0.1, 0.15) is 84.9 Å². The van der Waals surface area contributed by atoms with E-state index in [1.54, 1.807) is 19.1 Å². The van der Waals surface area contributed by atoms with E-state index in [4.69, 9.17) is 14.6 Å². The van der Waals surface area contributed by atoms with Crippen molar-refractivity contribution in [2.45, 2.75) is 90.9 Å². The number of carboxylic acid groups (broad SMARTS) is 1. The van der Waals surface area contributed by atoms with Crippen LogP contribution in [0, 0.1) is 16.2 Å². The molecule has 0 unspecified atom stereocenters. The number of nitrogens with zero attached hydrogens (tertiary/aromatic N) is 4. The monoisotopic (exact) mass is 1090 g/mol. The summed E-state index contributed by atoms with van der Waals surface area (Å²) in [5, 5.41) is 31.4. The summed E-state index contributed by atoms with van der Waals surface area (Å²) >= 11 is 2.94. The van der Waals surface area contributed by atoms with E-state index >= 15 is 0 Å². The Morgan fingerprint density at radius 2 is 1.19 bits per heavy atom. The van der Waals surface area contributed by atoms with E-state index in [0.717, 1.165) is 90.1 Å². The lowest BCUT2D eigenvalue weighted by atomic mass is 9.77. The Bertz CT molecular complexity index is 2590. The van der Waals surface area contributed by atoms with Crippen LogP contribution in [0.2, 0.25) is 0 Å². The Morgan fingerprint density at radius 1 is 0.640 bits per heavy atom. The van der Waals surface area contributed by atoms with Gasteiger partial charge in [0.1, 0.15) is 22.6 Å². The molecule has 0 amide bonds. The molecule has 0 atom stereocenters. The molecule has 4 saturated heterocycles. The number of aliphatic carboxylic acids is 1. The van der Waals surface area contributed by atoms with E-state index in [9.17, 15) is 24.6 Å². The fourth-order valence-corrected chi connectivity index (χ4v) is 12.6. The Balaban J connectivity index is 0.000000132. The Kier molecular flexibility index (Phi) is 19.4. The number of carboxylic acids is 1. The molecule has 15 heteroatoms. The number of aromatic hydroxyl groups is 2. The summed E-state index contributed by atoms with van der Waals surface area (Å²) in [7, 11) is 0. The van der Waals surface area contributed by atoms with Crippen molar-refractivity contribution >= 4 is 39.7 Å². The second-order valence-electron chi connectivity index (χ2n) is 22.0. The SMILES string of the molecule is C1CCC2=NCCCN2CC1.CCOC(=O)CBr.CCOC(=O)CN1CC2(Cc3ccc(O)cc3C2)C1.O=C(O)CN1CC2(Cc3ccc(OCCc4ccccc4)cc3C2)C1.Oc1ccc2c(c1)CC1(CNC1)C2. The van der Waals surface area contributed by atoms with E-state index in [2.05, 4.69) is 89.3 Å². The number of carbonyl (C=O) groups is 3. The van der Waals surface area contributed by atoms with Crippen molar-refractivity contribution in [2.75, 3.05) is 97.1 Å². The number of amidine groups is 1. The van der Waals surface area contributed by atoms with Crippen molar-refractivity contribution in [1.82, 2.24) is 20.0 Å². The Hall–Kier alpha value is -5.48. The molecular weight excluding hydrogens is 1010 g/mol. The number of esters is 2. The zero-order valence-electron chi connectivity index (χ0n) is 44.1. The first-order valence-corrected chi connectivity index (χ1v) is 28.3. The second-order valence-corrected chi connectivity index (χ2v) is 22.5. The number of phenols is 2. The van der Waals surface area contributed by atoms with Gasteiger partial charge in [0.25, 0.3) is 0 Å². The number of fused-ring (bicyclic) bond motifs is 4. The minimum atomic E-state index is -0.737. The zero-order valence-corrected chi connectivity index (χ0v) is 45.7. The van der Waals surface area contributed by atoms with Crippen molar-refractivity contribution in [3.63, 3.8) is 0 Å². The van der Waals surface area contributed by atoms with Gasteiger partial charge in [-0.1, -0.05) is 70.9 Å². The number of carbonyl (C=O) groups excluding carboxylic acids is 2. The van der Waals surface area contributed by atoms with Gasteiger partial charge in [0.05, 0.1) is 38.7 Å². The molecule has 8 aliphatic rings. The summed E-state index contributed by atoms with van der Waals surface area (Å²) in [6, 6.07) is 28.2. The van der Waals surface area contributed by atoms with E-state index < -0.39 is 5.97 Å². The normalized spacial score (nSPS) is 19.5. The molecule has 3 aliphatic carbocycles. The zero-order chi connectivity index (χ0) is 52.8. The lowest BCUT2D eigenvalue weighted by molar-refractivity contribution is -0.148. The molecule has 4 N–H and O–H groups in total. The number of phenolic OH excluding ortho intramolecular Hbond substituents is 2. The molecule has 0 bridgehead atoms. The highest BCUT2D eigenvalue weighted by Gasteiger charge is 2.48. The van der Waals surface area contributed by atoms with Gasteiger partial charge in [0.2, 0.25) is 0 Å². The lowest BCUT2D eigenvalue weighted by Gasteiger charge is -2.47. The minimum Gasteiger partial charge on any atom is -0.508 e. The number of hydrogen-bond donors (Lipinski definition) is 4. The van der Waals surface area contributed by atoms with Crippen molar-refractivity contribution < 1.29 is 43.9 Å². The maximum atomic E-state index is 11.4. The Morgan fingerprint density at radius 3 is 1.76 bits per heavy atom. The van der Waals surface area contributed by atoms with Crippen molar-refractivity contribution in [2.24, 2.45) is 21.2 Å². The molecular formula is C60H78BrN5O9. The van der Waals surface area contributed by atoms with Crippen LogP contribution in [0.5, 0.6) is 17.2 Å². The summed E-state index contributed by atoms with van der Waals surface area (Å²) in [5.41, 5.74) is 10.5. The molecule has 4 aromatic carbocycles. The maximum absolute atomic E-state index is 11.4. The molecule has 3 spiro atoms.